The van der Waals surface area contributed by atoms with Crippen LogP contribution >= 0.6 is 0 Å². The van der Waals surface area contributed by atoms with Crippen molar-refractivity contribution in [3.05, 3.63) is 34.9 Å². The van der Waals surface area contributed by atoms with E-state index in [1.54, 1.807) is 0 Å². The summed E-state index contributed by atoms with van der Waals surface area (Å²) in [6.07, 6.45) is -7.26. The minimum Gasteiger partial charge on any atom is -0.203 e. The first-order valence-corrected chi connectivity index (χ1v) is 4.96. The maximum atomic E-state index is 13.3. The van der Waals surface area contributed by atoms with E-state index >= 15 is 0 Å². The Labute approximate surface area is 117 Å². The molecule has 0 atom stereocenters. The Morgan fingerprint density at radius 3 is 1.22 bits per heavy atom. The monoisotopic (exact) mass is 367 g/mol. The summed E-state index contributed by atoms with van der Waals surface area (Å²) in [5.41, 5.74) is -3.62. The normalized spacial score (nSPS) is 14.3. The second-order valence-corrected chi connectivity index (χ2v) is 3.98. The molecule has 0 nitrogen and oxygen atoms in total. The van der Waals surface area contributed by atoms with Crippen molar-refractivity contribution in [2.45, 2.75) is 23.9 Å². The Morgan fingerprint density at radius 2 is 0.913 bits per heavy atom. The largest absolute Gasteiger partial charge is 0.460 e. The molecule has 0 bridgehead atoms. The van der Waals surface area contributed by atoms with Gasteiger partial charge in [0.15, 0.2) is 23.3 Å². The number of hydrogen-bond acceptors (Lipinski definition) is 0. The van der Waals surface area contributed by atoms with Gasteiger partial charge in [0, 0.05) is 0 Å². The molecule has 0 aliphatic carbocycles. The standard InChI is InChI=1S/C10F13/c11-2-1-3(12)6(14)4(5(2)13)7(15,16)8(17,18)9(19,20)10(21,22)23. The molecule has 0 saturated carbocycles. The maximum absolute atomic E-state index is 13.3. The van der Waals surface area contributed by atoms with Gasteiger partial charge < -0.3 is 0 Å². The van der Waals surface area contributed by atoms with E-state index in [0.717, 1.165) is 0 Å². The van der Waals surface area contributed by atoms with Crippen molar-refractivity contribution in [3.8, 4) is 0 Å². The molecule has 13 heteroatoms. The minimum absolute atomic E-state index is 0.468. The van der Waals surface area contributed by atoms with Gasteiger partial charge in [-0.2, -0.15) is 39.5 Å². The van der Waals surface area contributed by atoms with Crippen LogP contribution in [0.2, 0.25) is 0 Å². The van der Waals surface area contributed by atoms with Crippen molar-refractivity contribution in [3.63, 3.8) is 0 Å². The molecule has 0 heterocycles. The van der Waals surface area contributed by atoms with Crippen LogP contribution in [-0.4, -0.2) is 18.0 Å². The highest BCUT2D eigenvalue weighted by Crippen LogP contribution is 2.57. The van der Waals surface area contributed by atoms with Crippen LogP contribution in [0.15, 0.2) is 0 Å². The van der Waals surface area contributed by atoms with Crippen molar-refractivity contribution in [2.24, 2.45) is 0 Å². The zero-order valence-electron chi connectivity index (χ0n) is 9.91. The van der Waals surface area contributed by atoms with Gasteiger partial charge in [-0.15, -0.1) is 0 Å². The van der Waals surface area contributed by atoms with E-state index in [1.807, 2.05) is 0 Å². The first-order chi connectivity index (χ1) is 10.00. The highest BCUT2D eigenvalue weighted by atomic mass is 19.4. The first-order valence-electron chi connectivity index (χ1n) is 4.96. The van der Waals surface area contributed by atoms with Crippen LogP contribution < -0.4 is 0 Å². The fraction of sp³-hybridized carbons (Fsp3) is 0.400. The molecule has 0 amide bonds. The predicted octanol–water partition coefficient (Wildman–Crippen LogP) is 4.97. The Bertz CT molecular complexity index is 586. The van der Waals surface area contributed by atoms with Crippen molar-refractivity contribution in [1.82, 2.24) is 0 Å². The molecular weight excluding hydrogens is 367 g/mol. The molecular formula is C10F13. The van der Waals surface area contributed by atoms with Crippen molar-refractivity contribution in [2.75, 3.05) is 0 Å². The van der Waals surface area contributed by atoms with Gasteiger partial charge in [0.05, 0.1) is 6.07 Å². The lowest BCUT2D eigenvalue weighted by Crippen LogP contribution is -2.60. The molecule has 0 aliphatic heterocycles. The van der Waals surface area contributed by atoms with Gasteiger partial charge in [0.2, 0.25) is 0 Å². The van der Waals surface area contributed by atoms with Gasteiger partial charge in [0.1, 0.15) is 5.56 Å². The van der Waals surface area contributed by atoms with Gasteiger partial charge in [-0.1, -0.05) is 0 Å². The molecule has 0 aromatic heterocycles. The van der Waals surface area contributed by atoms with E-state index in [0.29, 0.717) is 6.07 Å². The quantitative estimate of drug-likeness (QED) is 0.523. The lowest BCUT2D eigenvalue weighted by atomic mass is 9.95. The molecule has 1 radical (unpaired) electrons. The van der Waals surface area contributed by atoms with Gasteiger partial charge in [-0.25, -0.2) is 17.6 Å². The fourth-order valence-electron chi connectivity index (χ4n) is 1.33. The minimum atomic E-state index is -7.48. The van der Waals surface area contributed by atoms with Crippen LogP contribution in [0.3, 0.4) is 0 Å². The molecule has 0 N–H and O–H groups in total. The lowest BCUT2D eigenvalue weighted by molar-refractivity contribution is -0.400. The Balaban J connectivity index is 3.72. The van der Waals surface area contributed by atoms with Crippen molar-refractivity contribution >= 4 is 0 Å². The van der Waals surface area contributed by atoms with E-state index in [4.69, 9.17) is 0 Å². The summed E-state index contributed by atoms with van der Waals surface area (Å²) in [6.45, 7) is 0. The van der Waals surface area contributed by atoms with Crippen LogP contribution in [0.25, 0.3) is 0 Å². The Kier molecular flexibility index (Phi) is 4.34. The molecule has 131 valence electrons. The molecule has 0 saturated heterocycles. The third kappa shape index (κ3) is 2.59. The van der Waals surface area contributed by atoms with E-state index < -0.39 is 52.8 Å². The zero-order chi connectivity index (χ0) is 18.6. The molecule has 23 heavy (non-hydrogen) atoms. The average molecular weight is 367 g/mol. The van der Waals surface area contributed by atoms with Crippen LogP contribution in [0.1, 0.15) is 5.56 Å². The highest BCUT2D eigenvalue weighted by molar-refractivity contribution is 5.29. The summed E-state index contributed by atoms with van der Waals surface area (Å²) in [7, 11) is 0. The smallest absolute Gasteiger partial charge is 0.203 e. The number of benzene rings is 1. The highest BCUT2D eigenvalue weighted by Gasteiger charge is 2.82. The third-order valence-corrected chi connectivity index (χ3v) is 2.50. The van der Waals surface area contributed by atoms with Crippen molar-refractivity contribution in [1.29, 1.82) is 0 Å². The van der Waals surface area contributed by atoms with Crippen LogP contribution in [0, 0.1) is 29.3 Å². The molecule has 0 fully saturated rings. The van der Waals surface area contributed by atoms with Gasteiger partial charge >= 0.3 is 23.9 Å². The maximum Gasteiger partial charge on any atom is 0.460 e. The predicted molar refractivity (Wildman–Crippen MR) is 45.0 cm³/mol. The molecule has 0 spiro atoms. The summed E-state index contributed by atoms with van der Waals surface area (Å²) in [6, 6.07) is 0.468. The second kappa shape index (κ2) is 5.16. The van der Waals surface area contributed by atoms with Gasteiger partial charge in [-0.05, 0) is 0 Å². The topological polar surface area (TPSA) is 0 Å². The van der Waals surface area contributed by atoms with E-state index in [2.05, 4.69) is 0 Å². The van der Waals surface area contributed by atoms with Crippen LogP contribution in [0.4, 0.5) is 57.1 Å². The van der Waals surface area contributed by atoms with E-state index in [-0.39, 0.29) is 0 Å². The second-order valence-electron chi connectivity index (χ2n) is 3.98. The Hall–Kier alpha value is -1.69. The van der Waals surface area contributed by atoms with Crippen molar-refractivity contribution < 1.29 is 57.1 Å². The van der Waals surface area contributed by atoms with Crippen LogP contribution in [-0.2, 0) is 5.92 Å². The summed E-state index contributed by atoms with van der Waals surface area (Å²) in [5.74, 6) is -34.2. The number of rotatable bonds is 3. The summed E-state index contributed by atoms with van der Waals surface area (Å²) < 4.78 is 164. The van der Waals surface area contributed by atoms with Crippen LogP contribution in [0.5, 0.6) is 0 Å². The van der Waals surface area contributed by atoms with E-state index in [1.165, 1.54) is 0 Å². The van der Waals surface area contributed by atoms with Gasteiger partial charge in [-0.3, -0.25) is 0 Å². The number of alkyl halides is 9. The molecule has 0 aliphatic rings. The molecule has 1 rings (SSSR count). The average Bonchev–Trinajstić information content (AvgIpc) is 2.34. The molecule has 0 unspecified atom stereocenters. The third-order valence-electron chi connectivity index (χ3n) is 2.50. The van der Waals surface area contributed by atoms with Gasteiger partial charge in [0.25, 0.3) is 0 Å². The fourth-order valence-corrected chi connectivity index (χ4v) is 1.33. The van der Waals surface area contributed by atoms with E-state index in [9.17, 15) is 57.1 Å². The summed E-state index contributed by atoms with van der Waals surface area (Å²) in [5, 5.41) is 0. The zero-order valence-corrected chi connectivity index (χ0v) is 9.91. The summed E-state index contributed by atoms with van der Waals surface area (Å²) in [4.78, 5) is 0. The SMILES string of the molecule is Fc1[c]c(F)c(F)c(C(F)(F)C(F)(F)C(F)(F)C(F)(F)F)c1F. The number of halogens is 13. The Morgan fingerprint density at radius 1 is 0.565 bits per heavy atom. The summed E-state index contributed by atoms with van der Waals surface area (Å²) >= 11 is 0. The number of hydrogen-bond donors (Lipinski definition) is 0. The lowest BCUT2D eigenvalue weighted by Gasteiger charge is -2.34. The molecule has 1 aromatic carbocycles. The molecule has 1 aromatic rings. The first kappa shape index (κ1) is 19.4.